The van der Waals surface area contributed by atoms with E-state index in [1.807, 2.05) is 24.8 Å². The third-order valence-electron chi connectivity index (χ3n) is 6.73. The number of amides is 4. The fourth-order valence-corrected chi connectivity index (χ4v) is 5.18. The summed E-state index contributed by atoms with van der Waals surface area (Å²) in [5.74, 6) is -1.27. The summed E-state index contributed by atoms with van der Waals surface area (Å²) < 4.78 is 0. The van der Waals surface area contributed by atoms with E-state index in [-0.39, 0.29) is 12.1 Å². The monoisotopic (exact) mass is 450 g/mol. The van der Waals surface area contributed by atoms with Crippen LogP contribution in [0, 0.1) is 29.4 Å². The molecule has 0 aliphatic carbocycles. The van der Waals surface area contributed by atoms with Crippen LogP contribution in [0.5, 0.6) is 0 Å². The second-order valence-corrected chi connectivity index (χ2v) is 8.82. The number of nitro groups is 1. The Morgan fingerprint density at radius 2 is 1.82 bits per heavy atom. The predicted octanol–water partition coefficient (Wildman–Crippen LogP) is 3.64. The fourth-order valence-electron chi connectivity index (χ4n) is 5.18. The van der Waals surface area contributed by atoms with Crippen LogP contribution < -0.4 is 15.1 Å². The van der Waals surface area contributed by atoms with E-state index >= 15 is 0 Å². The summed E-state index contributed by atoms with van der Waals surface area (Å²) in [6, 6.07) is 8.55. The first-order valence-electron chi connectivity index (χ1n) is 10.9. The average Bonchev–Trinajstić information content (AvgIpc) is 2.75. The van der Waals surface area contributed by atoms with Gasteiger partial charge < -0.3 is 4.90 Å². The molecular formula is C24H26N4O5. The molecule has 2 heterocycles. The summed E-state index contributed by atoms with van der Waals surface area (Å²) in [5, 5.41) is 13.8. The maximum atomic E-state index is 14.1. The van der Waals surface area contributed by atoms with Crippen molar-refractivity contribution in [2.75, 3.05) is 16.8 Å². The molecule has 2 atom stereocenters. The lowest BCUT2D eigenvalue weighted by Crippen LogP contribution is -2.72. The molecule has 1 fully saturated rings. The SMILES string of the molecule is CCC[C@H]1N(C)c2ccc([N+](=O)[O-])cc2C[C@@]12C(=O)NC(=O)N(c1ccc(C)cc1C)C2=O. The molecule has 1 N–H and O–H groups in total. The third kappa shape index (κ3) is 3.35. The van der Waals surface area contributed by atoms with Crippen molar-refractivity contribution in [1.29, 1.82) is 0 Å². The highest BCUT2D eigenvalue weighted by Gasteiger charge is 2.61. The van der Waals surface area contributed by atoms with Crippen molar-refractivity contribution in [1.82, 2.24) is 5.32 Å². The Hall–Kier alpha value is -3.75. The lowest BCUT2D eigenvalue weighted by atomic mass is 9.67. The average molecular weight is 450 g/mol. The number of urea groups is 1. The van der Waals surface area contributed by atoms with E-state index in [4.69, 9.17) is 0 Å². The van der Waals surface area contributed by atoms with Gasteiger partial charge in [-0.3, -0.25) is 25.0 Å². The van der Waals surface area contributed by atoms with Gasteiger partial charge in [-0.1, -0.05) is 31.0 Å². The second-order valence-electron chi connectivity index (χ2n) is 8.82. The molecule has 0 unspecified atom stereocenters. The molecule has 4 amide bonds. The largest absolute Gasteiger partial charge is 0.370 e. The van der Waals surface area contributed by atoms with Crippen LogP contribution in [0.1, 0.15) is 36.5 Å². The van der Waals surface area contributed by atoms with Crippen LogP contribution in [-0.2, 0) is 16.0 Å². The van der Waals surface area contributed by atoms with Gasteiger partial charge in [-0.25, -0.2) is 9.69 Å². The number of nitrogens with zero attached hydrogens (tertiary/aromatic N) is 3. The van der Waals surface area contributed by atoms with Crippen molar-refractivity contribution in [2.24, 2.45) is 5.41 Å². The molecule has 2 aliphatic rings. The van der Waals surface area contributed by atoms with Gasteiger partial charge in [0.15, 0.2) is 5.41 Å². The predicted molar refractivity (Wildman–Crippen MR) is 123 cm³/mol. The van der Waals surface area contributed by atoms with Crippen LogP contribution in [0.15, 0.2) is 36.4 Å². The third-order valence-corrected chi connectivity index (χ3v) is 6.73. The first-order chi connectivity index (χ1) is 15.6. The topological polar surface area (TPSA) is 113 Å². The molecule has 9 nitrogen and oxygen atoms in total. The molecule has 0 aromatic heterocycles. The van der Waals surface area contributed by atoms with Crippen molar-refractivity contribution in [2.45, 2.75) is 46.1 Å². The smallest absolute Gasteiger partial charge is 0.335 e. The van der Waals surface area contributed by atoms with Crippen LogP contribution in [0.2, 0.25) is 0 Å². The van der Waals surface area contributed by atoms with Gasteiger partial charge in [0.1, 0.15) is 0 Å². The number of carbonyl (C=O) groups excluding carboxylic acids is 3. The summed E-state index contributed by atoms with van der Waals surface area (Å²) in [6.45, 7) is 5.68. The zero-order chi connectivity index (χ0) is 24.1. The van der Waals surface area contributed by atoms with E-state index in [1.54, 1.807) is 32.2 Å². The number of nitrogens with one attached hydrogen (secondary N) is 1. The summed E-state index contributed by atoms with van der Waals surface area (Å²) >= 11 is 0. The number of fused-ring (bicyclic) bond motifs is 1. The van der Waals surface area contributed by atoms with Crippen LogP contribution in [0.3, 0.4) is 0 Å². The van der Waals surface area contributed by atoms with Gasteiger partial charge in [0.25, 0.3) is 11.6 Å². The molecule has 172 valence electrons. The Morgan fingerprint density at radius 3 is 2.45 bits per heavy atom. The number of non-ortho nitro benzene ring substituents is 1. The first-order valence-corrected chi connectivity index (χ1v) is 10.9. The minimum atomic E-state index is -1.60. The summed E-state index contributed by atoms with van der Waals surface area (Å²) in [6.07, 6.45) is 1.20. The zero-order valence-corrected chi connectivity index (χ0v) is 19.0. The number of anilines is 2. The van der Waals surface area contributed by atoms with Gasteiger partial charge in [-0.2, -0.15) is 0 Å². The van der Waals surface area contributed by atoms with Crippen LogP contribution in [-0.4, -0.2) is 35.9 Å². The van der Waals surface area contributed by atoms with Crippen molar-refractivity contribution in [3.63, 3.8) is 0 Å². The molecule has 0 saturated carbocycles. The van der Waals surface area contributed by atoms with Crippen molar-refractivity contribution in [3.8, 4) is 0 Å². The second kappa shape index (κ2) is 7.99. The summed E-state index contributed by atoms with van der Waals surface area (Å²) in [4.78, 5) is 54.2. The van der Waals surface area contributed by atoms with Crippen molar-refractivity contribution >= 4 is 34.9 Å². The molecule has 2 aromatic rings. The molecule has 1 spiro atoms. The first kappa shape index (κ1) is 22.4. The highest BCUT2D eigenvalue weighted by molar-refractivity contribution is 6.31. The Kier molecular flexibility index (Phi) is 5.43. The molecule has 1 saturated heterocycles. The van der Waals surface area contributed by atoms with Gasteiger partial charge in [-0.15, -0.1) is 0 Å². The van der Waals surface area contributed by atoms with Gasteiger partial charge in [-0.05, 0) is 43.5 Å². The van der Waals surface area contributed by atoms with Crippen molar-refractivity contribution < 1.29 is 19.3 Å². The zero-order valence-electron chi connectivity index (χ0n) is 19.0. The molecule has 0 radical (unpaired) electrons. The van der Waals surface area contributed by atoms with Crippen LogP contribution in [0.25, 0.3) is 0 Å². The molecule has 0 bridgehead atoms. The number of imide groups is 2. The minimum absolute atomic E-state index is 0.0294. The Morgan fingerprint density at radius 1 is 1.12 bits per heavy atom. The number of barbiturate groups is 1. The molecule has 33 heavy (non-hydrogen) atoms. The molecule has 4 rings (SSSR count). The molecule has 2 aliphatic heterocycles. The molecule has 2 aromatic carbocycles. The fraction of sp³-hybridized carbons (Fsp3) is 0.375. The van der Waals surface area contributed by atoms with E-state index in [9.17, 15) is 24.5 Å². The molecule has 9 heteroatoms. The number of hydrogen-bond acceptors (Lipinski definition) is 6. The summed E-state index contributed by atoms with van der Waals surface area (Å²) in [7, 11) is 1.78. The number of hydrogen-bond donors (Lipinski definition) is 1. The quantitative estimate of drug-likeness (QED) is 0.432. The summed E-state index contributed by atoms with van der Waals surface area (Å²) in [5.41, 5.74) is 1.68. The van der Waals surface area contributed by atoms with E-state index < -0.39 is 34.2 Å². The standard InChI is InChI=1S/C24H26N4O5/c1-5-6-20-24(13-16-12-17(28(32)33)8-10-19(16)26(20)4)21(29)25-23(31)27(22(24)30)18-9-7-14(2)11-15(18)3/h7-12,20H,5-6,13H2,1-4H3,(H,25,29,31)/t20-,24+/m1/s1. The van der Waals surface area contributed by atoms with Crippen LogP contribution in [0.4, 0.5) is 21.9 Å². The normalized spacial score (nSPS) is 22.4. The van der Waals surface area contributed by atoms with Gasteiger partial charge in [0, 0.05) is 31.3 Å². The van der Waals surface area contributed by atoms with E-state index in [1.165, 1.54) is 12.1 Å². The lowest BCUT2D eigenvalue weighted by Gasteiger charge is -2.51. The Balaban J connectivity index is 1.90. The number of carbonyl (C=O) groups is 3. The van der Waals surface area contributed by atoms with Gasteiger partial charge >= 0.3 is 6.03 Å². The Bertz CT molecular complexity index is 1190. The minimum Gasteiger partial charge on any atom is -0.370 e. The van der Waals surface area contributed by atoms with Crippen LogP contribution >= 0.6 is 0 Å². The molecular weight excluding hydrogens is 424 g/mol. The van der Waals surface area contributed by atoms with E-state index in [0.717, 1.165) is 21.7 Å². The van der Waals surface area contributed by atoms with Gasteiger partial charge in [0.05, 0.1) is 16.7 Å². The van der Waals surface area contributed by atoms with Crippen molar-refractivity contribution in [3.05, 3.63) is 63.2 Å². The van der Waals surface area contributed by atoms with E-state index in [0.29, 0.717) is 24.1 Å². The Labute approximate surface area is 191 Å². The number of aryl methyl sites for hydroxylation is 2. The number of rotatable bonds is 4. The maximum absolute atomic E-state index is 14.1. The number of nitro benzene ring substituents is 1. The highest BCUT2D eigenvalue weighted by atomic mass is 16.6. The lowest BCUT2D eigenvalue weighted by molar-refractivity contribution is -0.384. The maximum Gasteiger partial charge on any atom is 0.335 e. The van der Waals surface area contributed by atoms with E-state index in [2.05, 4.69) is 5.32 Å². The number of benzene rings is 2. The highest BCUT2D eigenvalue weighted by Crippen LogP contribution is 2.47. The van der Waals surface area contributed by atoms with Gasteiger partial charge in [0.2, 0.25) is 5.91 Å².